The SMILES string of the molecule is COc1ncnc(OC)c1CNc1cc(F)ccc1C. The Labute approximate surface area is 116 Å². The van der Waals surface area contributed by atoms with Gasteiger partial charge in [-0.1, -0.05) is 6.07 Å². The number of aryl methyl sites for hydroxylation is 1. The summed E-state index contributed by atoms with van der Waals surface area (Å²) in [7, 11) is 3.05. The summed E-state index contributed by atoms with van der Waals surface area (Å²) in [6.45, 7) is 2.27. The molecule has 5 nitrogen and oxygen atoms in total. The summed E-state index contributed by atoms with van der Waals surface area (Å²) in [6, 6.07) is 4.58. The van der Waals surface area contributed by atoms with Gasteiger partial charge in [-0.3, -0.25) is 0 Å². The monoisotopic (exact) mass is 277 g/mol. The molecule has 0 saturated carbocycles. The molecule has 0 saturated heterocycles. The largest absolute Gasteiger partial charge is 0.481 e. The molecule has 0 spiro atoms. The molecule has 0 amide bonds. The van der Waals surface area contributed by atoms with Gasteiger partial charge in [0.05, 0.1) is 26.3 Å². The van der Waals surface area contributed by atoms with E-state index in [2.05, 4.69) is 15.3 Å². The number of nitrogens with zero attached hydrogens (tertiary/aromatic N) is 2. The van der Waals surface area contributed by atoms with E-state index in [4.69, 9.17) is 9.47 Å². The third-order valence-electron chi connectivity index (χ3n) is 2.91. The average Bonchev–Trinajstić information content (AvgIpc) is 2.47. The third kappa shape index (κ3) is 2.96. The zero-order valence-corrected chi connectivity index (χ0v) is 11.6. The van der Waals surface area contributed by atoms with Gasteiger partial charge >= 0.3 is 0 Å². The number of hydrogen-bond acceptors (Lipinski definition) is 5. The molecular weight excluding hydrogens is 261 g/mol. The summed E-state index contributed by atoms with van der Waals surface area (Å²) in [4.78, 5) is 8.06. The van der Waals surface area contributed by atoms with Gasteiger partial charge in [0.1, 0.15) is 12.1 Å². The normalized spacial score (nSPS) is 10.2. The van der Waals surface area contributed by atoms with Gasteiger partial charge in [-0.05, 0) is 24.6 Å². The summed E-state index contributed by atoms with van der Waals surface area (Å²) < 4.78 is 23.6. The fourth-order valence-corrected chi connectivity index (χ4v) is 1.85. The number of halogens is 1. The molecule has 0 aliphatic heterocycles. The van der Waals surface area contributed by atoms with Gasteiger partial charge in [0.15, 0.2) is 0 Å². The highest BCUT2D eigenvalue weighted by atomic mass is 19.1. The summed E-state index contributed by atoms with van der Waals surface area (Å²) in [5.41, 5.74) is 2.33. The molecular formula is C14H16FN3O2. The molecule has 0 aliphatic carbocycles. The lowest BCUT2D eigenvalue weighted by Crippen LogP contribution is -2.07. The summed E-state index contributed by atoms with van der Waals surface area (Å²) in [5, 5.41) is 3.14. The molecule has 0 bridgehead atoms. The van der Waals surface area contributed by atoms with Crippen LogP contribution in [0.2, 0.25) is 0 Å². The first kappa shape index (κ1) is 14.0. The number of ether oxygens (including phenoxy) is 2. The highest BCUT2D eigenvalue weighted by Crippen LogP contribution is 2.25. The Morgan fingerprint density at radius 2 is 1.80 bits per heavy atom. The van der Waals surface area contributed by atoms with Gasteiger partial charge in [0.2, 0.25) is 11.8 Å². The molecule has 0 radical (unpaired) electrons. The molecule has 0 aliphatic rings. The molecule has 1 heterocycles. The Kier molecular flexibility index (Phi) is 4.34. The Hall–Kier alpha value is -2.37. The van der Waals surface area contributed by atoms with E-state index in [1.807, 2.05) is 6.92 Å². The van der Waals surface area contributed by atoms with Crippen molar-refractivity contribution in [2.75, 3.05) is 19.5 Å². The first-order valence-corrected chi connectivity index (χ1v) is 6.07. The molecule has 2 rings (SSSR count). The molecule has 6 heteroatoms. The quantitative estimate of drug-likeness (QED) is 0.910. The highest BCUT2D eigenvalue weighted by molar-refractivity contribution is 5.52. The second kappa shape index (κ2) is 6.18. The van der Waals surface area contributed by atoms with Crippen LogP contribution >= 0.6 is 0 Å². The third-order valence-corrected chi connectivity index (χ3v) is 2.91. The molecule has 106 valence electrons. The number of rotatable bonds is 5. The van der Waals surface area contributed by atoms with Crippen LogP contribution < -0.4 is 14.8 Å². The minimum Gasteiger partial charge on any atom is -0.481 e. The fraction of sp³-hybridized carbons (Fsp3) is 0.286. The summed E-state index contributed by atoms with van der Waals surface area (Å²) in [5.74, 6) is 0.568. The van der Waals surface area contributed by atoms with Crippen molar-refractivity contribution in [3.05, 3.63) is 41.5 Å². The summed E-state index contributed by atoms with van der Waals surface area (Å²) >= 11 is 0. The second-order valence-electron chi connectivity index (χ2n) is 4.18. The van der Waals surface area contributed by atoms with Crippen molar-refractivity contribution < 1.29 is 13.9 Å². The van der Waals surface area contributed by atoms with Crippen LogP contribution in [0, 0.1) is 12.7 Å². The van der Waals surface area contributed by atoms with Crippen molar-refractivity contribution in [2.24, 2.45) is 0 Å². The number of aromatic nitrogens is 2. The van der Waals surface area contributed by atoms with Crippen LogP contribution in [-0.2, 0) is 6.54 Å². The summed E-state index contributed by atoms with van der Waals surface area (Å²) in [6.07, 6.45) is 1.37. The lowest BCUT2D eigenvalue weighted by atomic mass is 10.2. The van der Waals surface area contributed by atoms with Crippen LogP contribution in [0.25, 0.3) is 0 Å². The first-order valence-electron chi connectivity index (χ1n) is 6.07. The van der Waals surface area contributed by atoms with Gasteiger partial charge in [0.25, 0.3) is 0 Å². The zero-order valence-electron chi connectivity index (χ0n) is 11.6. The number of methoxy groups -OCH3 is 2. The minimum atomic E-state index is -0.290. The van der Waals surface area contributed by atoms with Crippen LogP contribution in [-0.4, -0.2) is 24.2 Å². The van der Waals surface area contributed by atoms with Crippen molar-refractivity contribution >= 4 is 5.69 Å². The van der Waals surface area contributed by atoms with Crippen LogP contribution in [0.4, 0.5) is 10.1 Å². The zero-order chi connectivity index (χ0) is 14.5. The molecule has 0 fully saturated rings. The van der Waals surface area contributed by atoms with Crippen LogP contribution in [0.3, 0.4) is 0 Å². The Morgan fingerprint density at radius 1 is 1.15 bits per heavy atom. The van der Waals surface area contributed by atoms with E-state index in [0.717, 1.165) is 5.56 Å². The van der Waals surface area contributed by atoms with Crippen molar-refractivity contribution in [1.82, 2.24) is 9.97 Å². The van der Waals surface area contributed by atoms with Gasteiger partial charge < -0.3 is 14.8 Å². The number of benzene rings is 1. The van der Waals surface area contributed by atoms with Gasteiger partial charge in [-0.2, -0.15) is 0 Å². The van der Waals surface area contributed by atoms with E-state index in [1.54, 1.807) is 6.07 Å². The minimum absolute atomic E-state index is 0.290. The first-order chi connectivity index (χ1) is 9.65. The highest BCUT2D eigenvalue weighted by Gasteiger charge is 2.13. The van der Waals surface area contributed by atoms with E-state index in [1.165, 1.54) is 32.7 Å². The smallest absolute Gasteiger partial charge is 0.225 e. The lowest BCUT2D eigenvalue weighted by Gasteiger charge is -2.13. The second-order valence-corrected chi connectivity index (χ2v) is 4.18. The van der Waals surface area contributed by atoms with Gasteiger partial charge in [-0.25, -0.2) is 14.4 Å². The maximum Gasteiger partial charge on any atom is 0.225 e. The maximum absolute atomic E-state index is 13.2. The molecule has 2 aromatic rings. The van der Waals surface area contributed by atoms with Gasteiger partial charge in [-0.15, -0.1) is 0 Å². The maximum atomic E-state index is 13.2. The van der Waals surface area contributed by atoms with E-state index in [9.17, 15) is 4.39 Å². The molecule has 1 aromatic heterocycles. The fourth-order valence-electron chi connectivity index (χ4n) is 1.85. The predicted molar refractivity (Wildman–Crippen MR) is 73.6 cm³/mol. The lowest BCUT2D eigenvalue weighted by molar-refractivity contribution is 0.363. The van der Waals surface area contributed by atoms with Crippen molar-refractivity contribution in [3.63, 3.8) is 0 Å². The van der Waals surface area contributed by atoms with E-state index < -0.39 is 0 Å². The Balaban J connectivity index is 2.24. The standard InChI is InChI=1S/C14H16FN3O2/c1-9-4-5-10(15)6-12(9)16-7-11-13(19-2)17-8-18-14(11)20-3/h4-6,8,16H,7H2,1-3H3. The van der Waals surface area contributed by atoms with Gasteiger partial charge in [0, 0.05) is 5.69 Å². The van der Waals surface area contributed by atoms with Crippen molar-refractivity contribution in [2.45, 2.75) is 13.5 Å². The predicted octanol–water partition coefficient (Wildman–Crippen LogP) is 2.55. The van der Waals surface area contributed by atoms with E-state index in [0.29, 0.717) is 29.6 Å². The average molecular weight is 277 g/mol. The molecule has 0 atom stereocenters. The molecule has 1 N–H and O–H groups in total. The Bertz CT molecular complexity index is 583. The number of anilines is 1. The number of nitrogens with one attached hydrogen (secondary N) is 1. The topological polar surface area (TPSA) is 56.3 Å². The van der Waals surface area contributed by atoms with Crippen molar-refractivity contribution in [3.8, 4) is 11.8 Å². The van der Waals surface area contributed by atoms with E-state index in [-0.39, 0.29) is 5.82 Å². The van der Waals surface area contributed by atoms with Crippen molar-refractivity contribution in [1.29, 1.82) is 0 Å². The number of hydrogen-bond donors (Lipinski definition) is 1. The molecule has 1 aromatic carbocycles. The molecule has 20 heavy (non-hydrogen) atoms. The van der Waals surface area contributed by atoms with E-state index >= 15 is 0 Å². The van der Waals surface area contributed by atoms with Crippen LogP contribution in [0.5, 0.6) is 11.8 Å². The molecule has 0 unspecified atom stereocenters. The van der Waals surface area contributed by atoms with Crippen LogP contribution in [0.1, 0.15) is 11.1 Å². The Morgan fingerprint density at radius 3 is 2.40 bits per heavy atom. The van der Waals surface area contributed by atoms with Crippen LogP contribution in [0.15, 0.2) is 24.5 Å².